The minimum atomic E-state index is -3.66. The molecule has 2 rings (SSSR count). The van der Waals surface area contributed by atoms with E-state index in [0.717, 1.165) is 37.0 Å². The molecule has 1 aromatic heterocycles. The molecule has 19 heavy (non-hydrogen) atoms. The number of nitrogens with zero attached hydrogens (tertiary/aromatic N) is 1. The number of hydrogen-bond acceptors (Lipinski definition) is 4. The summed E-state index contributed by atoms with van der Waals surface area (Å²) in [6.07, 6.45) is 3.75. The van der Waals surface area contributed by atoms with Crippen LogP contribution >= 0.6 is 11.3 Å². The molecule has 0 aliphatic carbocycles. The van der Waals surface area contributed by atoms with Gasteiger partial charge in [0.05, 0.1) is 5.69 Å². The minimum Gasteiger partial charge on any atom is -0.477 e. The van der Waals surface area contributed by atoms with E-state index in [1.807, 2.05) is 0 Å². The van der Waals surface area contributed by atoms with Gasteiger partial charge in [-0.25, -0.2) is 4.79 Å². The number of aromatic carboxylic acids is 1. The first kappa shape index (κ1) is 14.3. The number of rotatable bonds is 4. The first-order valence-corrected chi connectivity index (χ1v) is 8.41. The molecule has 0 aromatic carbocycles. The maximum atomic E-state index is 12.2. The van der Waals surface area contributed by atoms with E-state index < -0.39 is 16.2 Å². The molecule has 1 aliphatic rings. The third-order valence-electron chi connectivity index (χ3n) is 3.00. The molecule has 0 bridgehead atoms. The van der Waals surface area contributed by atoms with Gasteiger partial charge in [0.25, 0.3) is 0 Å². The third kappa shape index (κ3) is 3.46. The van der Waals surface area contributed by atoms with E-state index >= 15 is 0 Å². The zero-order chi connectivity index (χ0) is 13.9. The van der Waals surface area contributed by atoms with Crippen molar-refractivity contribution < 1.29 is 18.3 Å². The molecule has 2 heterocycles. The standard InChI is InChI=1S/C11H16N2O4S2/c14-11(15)10-9(5-8-18-10)12-19(16,17)13-6-3-1-2-4-7-13/h5,8,12H,1-4,6-7H2,(H,14,15). The molecule has 0 radical (unpaired) electrons. The maximum Gasteiger partial charge on any atom is 0.348 e. The smallest absolute Gasteiger partial charge is 0.348 e. The SMILES string of the molecule is O=C(O)c1sccc1NS(=O)(=O)N1CCCCCC1. The normalized spacial score (nSPS) is 17.9. The van der Waals surface area contributed by atoms with Gasteiger partial charge in [0, 0.05) is 13.1 Å². The van der Waals surface area contributed by atoms with E-state index in [9.17, 15) is 13.2 Å². The quantitative estimate of drug-likeness (QED) is 0.890. The Morgan fingerprint density at radius 1 is 1.26 bits per heavy atom. The molecule has 0 amide bonds. The largest absolute Gasteiger partial charge is 0.477 e. The number of hydrogen-bond donors (Lipinski definition) is 2. The number of thiophene rings is 1. The van der Waals surface area contributed by atoms with E-state index in [1.165, 1.54) is 10.4 Å². The molecule has 1 aromatic rings. The Morgan fingerprint density at radius 3 is 2.47 bits per heavy atom. The van der Waals surface area contributed by atoms with Gasteiger partial charge in [0.2, 0.25) is 0 Å². The number of carbonyl (C=O) groups is 1. The molecule has 1 aliphatic heterocycles. The first-order valence-electron chi connectivity index (χ1n) is 6.09. The average Bonchev–Trinajstić information content (AvgIpc) is 2.63. The summed E-state index contributed by atoms with van der Waals surface area (Å²) in [4.78, 5) is 11.0. The summed E-state index contributed by atoms with van der Waals surface area (Å²) in [6, 6.07) is 1.48. The predicted molar refractivity (Wildman–Crippen MR) is 73.9 cm³/mol. The van der Waals surface area contributed by atoms with Crippen molar-refractivity contribution >= 4 is 33.2 Å². The van der Waals surface area contributed by atoms with Crippen molar-refractivity contribution in [2.45, 2.75) is 25.7 Å². The highest BCUT2D eigenvalue weighted by Gasteiger charge is 2.25. The molecule has 6 nitrogen and oxygen atoms in total. The van der Waals surface area contributed by atoms with Gasteiger partial charge >= 0.3 is 16.2 Å². The molecule has 1 saturated heterocycles. The highest BCUT2D eigenvalue weighted by atomic mass is 32.2. The summed E-state index contributed by atoms with van der Waals surface area (Å²) in [5.74, 6) is -1.12. The topological polar surface area (TPSA) is 86.7 Å². The molecule has 106 valence electrons. The highest BCUT2D eigenvalue weighted by Crippen LogP contribution is 2.24. The summed E-state index contributed by atoms with van der Waals surface area (Å²) >= 11 is 1.00. The molecule has 0 saturated carbocycles. The maximum absolute atomic E-state index is 12.2. The lowest BCUT2D eigenvalue weighted by molar-refractivity contribution is 0.0703. The zero-order valence-corrected chi connectivity index (χ0v) is 12.0. The van der Waals surface area contributed by atoms with E-state index in [1.54, 1.807) is 5.38 Å². The Labute approximate surface area is 116 Å². The van der Waals surface area contributed by atoms with Crippen LogP contribution in [0.4, 0.5) is 5.69 Å². The molecule has 1 fully saturated rings. The van der Waals surface area contributed by atoms with E-state index in [-0.39, 0.29) is 10.6 Å². The number of nitrogens with one attached hydrogen (secondary N) is 1. The summed E-state index contributed by atoms with van der Waals surface area (Å²) in [7, 11) is -3.66. The fraction of sp³-hybridized carbons (Fsp3) is 0.545. The second-order valence-corrected chi connectivity index (χ2v) is 6.98. The monoisotopic (exact) mass is 304 g/mol. The fourth-order valence-electron chi connectivity index (χ4n) is 2.04. The van der Waals surface area contributed by atoms with Crippen LogP contribution in [0, 0.1) is 0 Å². The van der Waals surface area contributed by atoms with E-state index in [2.05, 4.69) is 4.72 Å². The van der Waals surface area contributed by atoms with Crippen LogP contribution in [-0.2, 0) is 10.2 Å². The van der Waals surface area contributed by atoms with Crippen molar-refractivity contribution in [1.82, 2.24) is 4.31 Å². The van der Waals surface area contributed by atoms with Crippen molar-refractivity contribution in [2.24, 2.45) is 0 Å². The zero-order valence-electron chi connectivity index (χ0n) is 10.3. The fourth-order valence-corrected chi connectivity index (χ4v) is 4.11. The van der Waals surface area contributed by atoms with Crippen molar-refractivity contribution in [1.29, 1.82) is 0 Å². The molecule has 0 unspecified atom stereocenters. The Hall–Kier alpha value is -1.12. The van der Waals surface area contributed by atoms with Gasteiger partial charge in [-0.2, -0.15) is 12.7 Å². The Morgan fingerprint density at radius 2 is 1.89 bits per heavy atom. The molecule has 0 atom stereocenters. The Bertz CT molecular complexity index is 545. The third-order valence-corrected chi connectivity index (χ3v) is 5.43. The Balaban J connectivity index is 2.16. The lowest BCUT2D eigenvalue weighted by atomic mass is 10.2. The van der Waals surface area contributed by atoms with Gasteiger partial charge in [-0.15, -0.1) is 11.3 Å². The van der Waals surface area contributed by atoms with Crippen LogP contribution in [0.15, 0.2) is 11.4 Å². The summed E-state index contributed by atoms with van der Waals surface area (Å²) in [5.41, 5.74) is 0.141. The van der Waals surface area contributed by atoms with Crippen molar-refractivity contribution in [3.63, 3.8) is 0 Å². The summed E-state index contributed by atoms with van der Waals surface area (Å²) in [6.45, 7) is 0.976. The van der Waals surface area contributed by atoms with Crippen LogP contribution in [0.2, 0.25) is 0 Å². The lowest BCUT2D eigenvalue weighted by Gasteiger charge is -2.20. The molecular formula is C11H16N2O4S2. The summed E-state index contributed by atoms with van der Waals surface area (Å²) in [5, 5.41) is 10.5. The Kier molecular flexibility index (Phi) is 4.43. The molecule has 8 heteroatoms. The minimum absolute atomic E-state index is 0.0124. The van der Waals surface area contributed by atoms with Crippen molar-refractivity contribution in [3.05, 3.63) is 16.3 Å². The molecule has 2 N–H and O–H groups in total. The van der Waals surface area contributed by atoms with Crippen LogP contribution < -0.4 is 4.72 Å². The van der Waals surface area contributed by atoms with Gasteiger partial charge in [0.15, 0.2) is 0 Å². The van der Waals surface area contributed by atoms with Crippen molar-refractivity contribution in [3.8, 4) is 0 Å². The van der Waals surface area contributed by atoms with Gasteiger partial charge < -0.3 is 5.11 Å². The van der Waals surface area contributed by atoms with Crippen molar-refractivity contribution in [2.75, 3.05) is 17.8 Å². The number of carboxylic acids is 1. The van der Waals surface area contributed by atoms with Crippen LogP contribution in [0.3, 0.4) is 0 Å². The molecular weight excluding hydrogens is 288 g/mol. The summed E-state index contributed by atoms with van der Waals surface area (Å²) < 4.78 is 28.2. The molecule has 0 spiro atoms. The second-order valence-electron chi connectivity index (χ2n) is 4.39. The first-order chi connectivity index (χ1) is 9.00. The van der Waals surface area contributed by atoms with E-state index in [4.69, 9.17) is 5.11 Å². The average molecular weight is 304 g/mol. The number of carboxylic acid groups (broad SMARTS) is 1. The predicted octanol–water partition coefficient (Wildman–Crippen LogP) is 1.98. The van der Waals surface area contributed by atoms with Crippen LogP contribution in [0.5, 0.6) is 0 Å². The van der Waals surface area contributed by atoms with Gasteiger partial charge in [0.1, 0.15) is 4.88 Å². The van der Waals surface area contributed by atoms with E-state index in [0.29, 0.717) is 13.1 Å². The van der Waals surface area contributed by atoms with Gasteiger partial charge in [-0.05, 0) is 24.3 Å². The highest BCUT2D eigenvalue weighted by molar-refractivity contribution is 7.90. The van der Waals surface area contributed by atoms with Gasteiger partial charge in [-0.1, -0.05) is 12.8 Å². The lowest BCUT2D eigenvalue weighted by Crippen LogP contribution is -2.36. The second kappa shape index (κ2) is 5.89. The van der Waals surface area contributed by atoms with Crippen LogP contribution in [0.25, 0.3) is 0 Å². The van der Waals surface area contributed by atoms with Gasteiger partial charge in [-0.3, -0.25) is 4.72 Å². The van der Waals surface area contributed by atoms with Crippen LogP contribution in [-0.4, -0.2) is 36.9 Å². The number of anilines is 1. The van der Waals surface area contributed by atoms with Crippen LogP contribution in [0.1, 0.15) is 35.4 Å².